The zero-order valence-corrected chi connectivity index (χ0v) is 23.0. The van der Waals surface area contributed by atoms with Crippen molar-refractivity contribution in [3.63, 3.8) is 0 Å². The van der Waals surface area contributed by atoms with Gasteiger partial charge in [0.25, 0.3) is 0 Å². The first-order chi connectivity index (χ1) is 17.6. The van der Waals surface area contributed by atoms with Crippen LogP contribution in [0.3, 0.4) is 0 Å². The highest BCUT2D eigenvalue weighted by Gasteiger charge is 2.28. The molecule has 0 heterocycles. The highest BCUT2D eigenvalue weighted by Crippen LogP contribution is 2.22. The summed E-state index contributed by atoms with van der Waals surface area (Å²) in [4.78, 5) is 28.0. The van der Waals surface area contributed by atoms with Crippen LogP contribution < -0.4 is 14.8 Å². The van der Waals surface area contributed by atoms with Crippen molar-refractivity contribution in [3.05, 3.63) is 59.7 Å². The number of methoxy groups -OCH3 is 1. The molecule has 1 aliphatic rings. The summed E-state index contributed by atoms with van der Waals surface area (Å²) >= 11 is 0. The van der Waals surface area contributed by atoms with Crippen LogP contribution in [-0.4, -0.2) is 50.9 Å². The first-order valence-corrected chi connectivity index (χ1v) is 14.4. The smallest absolute Gasteiger partial charge is 0.242 e. The van der Waals surface area contributed by atoms with E-state index < -0.39 is 16.1 Å². The second-order valence-corrected chi connectivity index (χ2v) is 11.8. The number of aryl methyl sites for hydroxylation is 1. The van der Waals surface area contributed by atoms with Crippen molar-refractivity contribution in [3.8, 4) is 5.75 Å². The molecule has 9 heteroatoms. The van der Waals surface area contributed by atoms with E-state index in [9.17, 15) is 18.0 Å². The van der Waals surface area contributed by atoms with Gasteiger partial charge in [0.1, 0.15) is 11.8 Å². The zero-order valence-electron chi connectivity index (χ0n) is 22.2. The fourth-order valence-electron chi connectivity index (χ4n) is 3.86. The van der Waals surface area contributed by atoms with Gasteiger partial charge in [0, 0.05) is 25.6 Å². The van der Waals surface area contributed by atoms with Crippen LogP contribution in [-0.2, 0) is 32.6 Å². The molecule has 0 aliphatic heterocycles. The molecule has 0 aromatic heterocycles. The molecular weight excluding hydrogens is 490 g/mol. The Bertz CT molecular complexity index is 1140. The summed E-state index contributed by atoms with van der Waals surface area (Å²) in [5.74, 6) is 0.868. The lowest BCUT2D eigenvalue weighted by atomic mass is 10.1. The number of benzene rings is 2. The van der Waals surface area contributed by atoms with Crippen LogP contribution in [0.2, 0.25) is 0 Å². The van der Waals surface area contributed by atoms with Crippen molar-refractivity contribution >= 4 is 21.8 Å². The van der Waals surface area contributed by atoms with Gasteiger partial charge >= 0.3 is 0 Å². The third kappa shape index (κ3) is 8.86. The van der Waals surface area contributed by atoms with E-state index in [0.717, 1.165) is 36.1 Å². The van der Waals surface area contributed by atoms with Gasteiger partial charge in [0.2, 0.25) is 21.8 Å². The van der Waals surface area contributed by atoms with Gasteiger partial charge in [0.05, 0.1) is 12.0 Å². The zero-order chi connectivity index (χ0) is 27.0. The maximum atomic E-state index is 13.3. The van der Waals surface area contributed by atoms with Gasteiger partial charge in [-0.1, -0.05) is 38.1 Å². The first kappa shape index (κ1) is 28.7. The summed E-state index contributed by atoms with van der Waals surface area (Å²) in [5, 5.41) is 2.95. The minimum absolute atomic E-state index is 0.0449. The Balaban J connectivity index is 1.66. The fraction of sp³-hybridized carbons (Fsp3) is 0.500. The molecule has 1 aliphatic carbocycles. The fourth-order valence-corrected chi connectivity index (χ4v) is 5.17. The van der Waals surface area contributed by atoms with Crippen molar-refractivity contribution in [1.29, 1.82) is 0 Å². The number of sulfonamides is 1. The van der Waals surface area contributed by atoms with E-state index in [1.165, 1.54) is 0 Å². The lowest BCUT2D eigenvalue weighted by Crippen LogP contribution is -2.48. The predicted molar refractivity (Wildman–Crippen MR) is 144 cm³/mol. The molecule has 1 fully saturated rings. The number of amides is 2. The Hall–Kier alpha value is -2.91. The van der Waals surface area contributed by atoms with Crippen molar-refractivity contribution in [1.82, 2.24) is 14.9 Å². The van der Waals surface area contributed by atoms with Crippen LogP contribution in [0.25, 0.3) is 0 Å². The van der Waals surface area contributed by atoms with E-state index in [1.807, 2.05) is 24.3 Å². The third-order valence-corrected chi connectivity index (χ3v) is 8.00. The monoisotopic (exact) mass is 529 g/mol. The highest BCUT2D eigenvalue weighted by molar-refractivity contribution is 7.89. The number of hydrogen-bond donors (Lipinski definition) is 2. The van der Waals surface area contributed by atoms with Gasteiger partial charge < -0.3 is 15.0 Å². The number of carbonyl (C=O) groups is 2. The molecule has 1 atom stereocenters. The predicted octanol–water partition coefficient (Wildman–Crippen LogP) is 3.65. The molecule has 0 radical (unpaired) electrons. The quantitative estimate of drug-likeness (QED) is 0.389. The van der Waals surface area contributed by atoms with E-state index in [-0.39, 0.29) is 29.2 Å². The number of nitrogens with zero attached hydrogens (tertiary/aromatic N) is 1. The highest BCUT2D eigenvalue weighted by atomic mass is 32.2. The maximum Gasteiger partial charge on any atom is 0.242 e. The molecule has 2 N–H and O–H groups in total. The Morgan fingerprint density at radius 1 is 1.00 bits per heavy atom. The molecule has 0 bridgehead atoms. The molecule has 37 heavy (non-hydrogen) atoms. The van der Waals surface area contributed by atoms with Crippen LogP contribution in [0.15, 0.2) is 53.4 Å². The molecule has 2 aromatic rings. The van der Waals surface area contributed by atoms with Crippen molar-refractivity contribution in [2.75, 3.05) is 13.7 Å². The van der Waals surface area contributed by atoms with E-state index >= 15 is 0 Å². The largest absolute Gasteiger partial charge is 0.497 e. The van der Waals surface area contributed by atoms with Crippen molar-refractivity contribution in [2.45, 2.75) is 76.4 Å². The maximum absolute atomic E-state index is 13.3. The molecule has 2 aromatic carbocycles. The van der Waals surface area contributed by atoms with Crippen LogP contribution in [0.5, 0.6) is 5.75 Å². The van der Waals surface area contributed by atoms with Gasteiger partial charge in [-0.15, -0.1) is 0 Å². The average Bonchev–Trinajstić information content (AvgIpc) is 3.69. The third-order valence-electron chi connectivity index (χ3n) is 6.46. The lowest BCUT2D eigenvalue weighted by Gasteiger charge is -2.29. The molecule has 0 saturated heterocycles. The second kappa shape index (κ2) is 13.1. The molecule has 202 valence electrons. The molecular formula is C28H39N3O5S. The lowest BCUT2D eigenvalue weighted by molar-refractivity contribution is -0.140. The molecule has 2 amide bonds. The molecule has 1 saturated carbocycles. The van der Waals surface area contributed by atoms with Crippen LogP contribution >= 0.6 is 0 Å². The van der Waals surface area contributed by atoms with Crippen LogP contribution in [0.1, 0.15) is 57.6 Å². The van der Waals surface area contributed by atoms with Gasteiger partial charge in [-0.05, 0) is 73.9 Å². The summed E-state index contributed by atoms with van der Waals surface area (Å²) in [6.07, 6.45) is 3.26. The van der Waals surface area contributed by atoms with Crippen LogP contribution in [0.4, 0.5) is 0 Å². The van der Waals surface area contributed by atoms with E-state index in [2.05, 4.69) is 23.9 Å². The van der Waals surface area contributed by atoms with E-state index in [1.54, 1.807) is 43.2 Å². The number of carbonyl (C=O) groups excluding carboxylic acids is 2. The van der Waals surface area contributed by atoms with Gasteiger partial charge in [-0.3, -0.25) is 9.59 Å². The summed E-state index contributed by atoms with van der Waals surface area (Å²) in [7, 11) is -1.91. The van der Waals surface area contributed by atoms with Crippen LogP contribution in [0, 0.1) is 5.92 Å². The minimum atomic E-state index is -3.51. The first-order valence-electron chi connectivity index (χ1n) is 12.9. The Labute approximate surface area is 220 Å². The minimum Gasteiger partial charge on any atom is -0.497 e. The van der Waals surface area contributed by atoms with E-state index in [4.69, 9.17) is 4.74 Å². The number of ether oxygens (including phenoxy) is 1. The Morgan fingerprint density at radius 3 is 2.19 bits per heavy atom. The van der Waals surface area contributed by atoms with Gasteiger partial charge in [-0.25, -0.2) is 13.1 Å². The van der Waals surface area contributed by atoms with Crippen molar-refractivity contribution < 1.29 is 22.7 Å². The van der Waals surface area contributed by atoms with Gasteiger partial charge in [0.15, 0.2) is 0 Å². The number of nitrogens with one attached hydrogen (secondary N) is 2. The SMILES string of the molecule is COc1ccc(CN(C(=O)CCc2ccc(S(=O)(=O)NC3CC3)cc2)C(C)C(=O)NCCC(C)C)cc1. The molecule has 1 unspecified atom stereocenters. The standard InChI is InChI=1S/C28H39N3O5S/c1-20(2)17-18-29-28(33)21(3)31(19-23-5-12-25(36-4)13-6-23)27(32)16-9-22-7-14-26(15-8-22)37(34,35)30-24-10-11-24/h5-8,12-15,20-21,24,30H,9-11,16-19H2,1-4H3,(H,29,33). The molecule has 0 spiro atoms. The normalized spacial score (nSPS) is 14.3. The summed E-state index contributed by atoms with van der Waals surface area (Å²) < 4.78 is 32.7. The summed E-state index contributed by atoms with van der Waals surface area (Å²) in [6, 6.07) is 13.5. The summed E-state index contributed by atoms with van der Waals surface area (Å²) in [5.41, 5.74) is 1.76. The Kier molecular flexibility index (Phi) is 10.1. The molecule has 3 rings (SSSR count). The van der Waals surface area contributed by atoms with E-state index in [0.29, 0.717) is 25.4 Å². The van der Waals surface area contributed by atoms with Crippen molar-refractivity contribution in [2.24, 2.45) is 5.92 Å². The molecule has 8 nitrogen and oxygen atoms in total. The van der Waals surface area contributed by atoms with Gasteiger partial charge in [-0.2, -0.15) is 0 Å². The topological polar surface area (TPSA) is 105 Å². The Morgan fingerprint density at radius 2 is 1.62 bits per heavy atom. The second-order valence-electron chi connectivity index (χ2n) is 10.1. The number of rotatable bonds is 14. The average molecular weight is 530 g/mol. The number of hydrogen-bond acceptors (Lipinski definition) is 5. The summed E-state index contributed by atoms with van der Waals surface area (Å²) in [6.45, 7) is 6.81.